The lowest BCUT2D eigenvalue weighted by molar-refractivity contribution is 0.177. The third-order valence-corrected chi connectivity index (χ3v) is 7.70. The van der Waals surface area contributed by atoms with Crippen molar-refractivity contribution in [2.45, 2.75) is 38.1 Å². The van der Waals surface area contributed by atoms with Crippen molar-refractivity contribution in [1.82, 2.24) is 13.5 Å². The topological polar surface area (TPSA) is 82.2 Å². The van der Waals surface area contributed by atoms with Gasteiger partial charge in [-0.2, -0.15) is 17.0 Å². The fraction of sp³-hybridized carbons (Fsp3) is 0.632. The quantitative estimate of drug-likeness (QED) is 0.808. The summed E-state index contributed by atoms with van der Waals surface area (Å²) in [5.41, 5.74) is 0.599. The van der Waals surface area contributed by atoms with E-state index in [-0.39, 0.29) is 12.1 Å². The minimum absolute atomic E-state index is 0.0885. The molecule has 1 saturated heterocycles. The number of anilines is 1. The number of hydrogen-bond acceptors (Lipinski definition) is 4. The first-order valence-electron chi connectivity index (χ1n) is 9.85. The number of carbonyl (C=O) groups excluding carboxylic acids is 1. The minimum atomic E-state index is -3.49. The van der Waals surface area contributed by atoms with Crippen molar-refractivity contribution >= 4 is 21.9 Å². The Kier molecular flexibility index (Phi) is 6.79. The van der Waals surface area contributed by atoms with Gasteiger partial charge in [0.15, 0.2) is 0 Å². The molecule has 0 aromatic heterocycles. The average Bonchev–Trinajstić information content (AvgIpc) is 2.74. The summed E-state index contributed by atoms with van der Waals surface area (Å²) in [6.45, 7) is 1.33. The number of nitrogens with zero attached hydrogens (tertiary/aromatic N) is 3. The number of piperazine rings is 1. The van der Waals surface area contributed by atoms with Crippen molar-refractivity contribution in [3.8, 4) is 5.75 Å². The monoisotopic (exact) mass is 410 g/mol. The highest BCUT2D eigenvalue weighted by atomic mass is 32.2. The number of para-hydroxylation sites is 2. The minimum Gasteiger partial charge on any atom is -0.495 e. The highest BCUT2D eigenvalue weighted by Crippen LogP contribution is 2.26. The largest absolute Gasteiger partial charge is 0.495 e. The average molecular weight is 411 g/mol. The van der Waals surface area contributed by atoms with Gasteiger partial charge in [-0.05, 0) is 25.0 Å². The van der Waals surface area contributed by atoms with Gasteiger partial charge in [0.25, 0.3) is 10.2 Å². The van der Waals surface area contributed by atoms with Crippen LogP contribution in [0.4, 0.5) is 10.5 Å². The number of carbonyl (C=O) groups is 1. The Balaban J connectivity index is 1.56. The van der Waals surface area contributed by atoms with E-state index in [9.17, 15) is 13.2 Å². The first-order chi connectivity index (χ1) is 13.4. The predicted molar refractivity (Wildman–Crippen MR) is 109 cm³/mol. The molecule has 2 fully saturated rings. The molecule has 1 aromatic carbocycles. The lowest BCUT2D eigenvalue weighted by Crippen LogP contribution is -2.55. The summed E-state index contributed by atoms with van der Waals surface area (Å²) in [6.07, 6.45) is 5.21. The molecular formula is C19H30N4O4S. The van der Waals surface area contributed by atoms with E-state index >= 15 is 0 Å². The van der Waals surface area contributed by atoms with E-state index < -0.39 is 10.2 Å². The molecule has 1 saturated carbocycles. The van der Waals surface area contributed by atoms with Crippen LogP contribution in [-0.4, -0.2) is 74.3 Å². The molecular weight excluding hydrogens is 380 g/mol. The summed E-state index contributed by atoms with van der Waals surface area (Å²) < 4.78 is 34.2. The number of benzene rings is 1. The van der Waals surface area contributed by atoms with Crippen LogP contribution in [0, 0.1) is 0 Å². The van der Waals surface area contributed by atoms with Gasteiger partial charge in [0, 0.05) is 39.3 Å². The fourth-order valence-corrected chi connectivity index (χ4v) is 5.46. The number of rotatable bonds is 5. The van der Waals surface area contributed by atoms with E-state index in [1.807, 2.05) is 12.1 Å². The summed E-state index contributed by atoms with van der Waals surface area (Å²) >= 11 is 0. The molecule has 1 aromatic rings. The van der Waals surface area contributed by atoms with Crippen LogP contribution in [0.5, 0.6) is 5.75 Å². The Morgan fingerprint density at radius 1 is 1.11 bits per heavy atom. The Labute approximate surface area is 167 Å². The summed E-state index contributed by atoms with van der Waals surface area (Å²) in [7, 11) is -0.252. The molecule has 2 aliphatic rings. The van der Waals surface area contributed by atoms with Gasteiger partial charge >= 0.3 is 6.03 Å². The molecule has 9 heteroatoms. The normalized spacial score (nSPS) is 19.6. The van der Waals surface area contributed by atoms with E-state index in [0.29, 0.717) is 37.6 Å². The Morgan fingerprint density at radius 3 is 2.39 bits per heavy atom. The van der Waals surface area contributed by atoms with Gasteiger partial charge in [-0.1, -0.05) is 31.4 Å². The van der Waals surface area contributed by atoms with Crippen LogP contribution < -0.4 is 10.1 Å². The van der Waals surface area contributed by atoms with Crippen molar-refractivity contribution in [2.24, 2.45) is 0 Å². The first kappa shape index (κ1) is 20.9. The molecule has 156 valence electrons. The number of methoxy groups -OCH3 is 1. The van der Waals surface area contributed by atoms with Crippen molar-refractivity contribution in [1.29, 1.82) is 0 Å². The van der Waals surface area contributed by atoms with Gasteiger partial charge < -0.3 is 15.0 Å². The van der Waals surface area contributed by atoms with E-state index in [0.717, 1.165) is 25.7 Å². The maximum absolute atomic E-state index is 13.0. The van der Waals surface area contributed by atoms with Crippen LogP contribution >= 0.6 is 0 Å². The molecule has 28 heavy (non-hydrogen) atoms. The van der Waals surface area contributed by atoms with Gasteiger partial charge in [-0.15, -0.1) is 0 Å². The summed E-state index contributed by atoms with van der Waals surface area (Å²) in [5, 5.41) is 2.84. The second-order valence-electron chi connectivity index (χ2n) is 7.33. The highest BCUT2D eigenvalue weighted by Gasteiger charge is 2.35. The molecule has 3 rings (SSSR count). The molecule has 1 aliphatic heterocycles. The Morgan fingerprint density at radius 2 is 1.75 bits per heavy atom. The van der Waals surface area contributed by atoms with E-state index in [2.05, 4.69) is 5.32 Å². The second kappa shape index (κ2) is 9.11. The molecule has 1 aliphatic carbocycles. The van der Waals surface area contributed by atoms with Gasteiger partial charge in [-0.3, -0.25) is 0 Å². The lowest BCUT2D eigenvalue weighted by atomic mass is 9.96. The van der Waals surface area contributed by atoms with Crippen LogP contribution in [0.25, 0.3) is 0 Å². The van der Waals surface area contributed by atoms with Crippen molar-refractivity contribution in [3.63, 3.8) is 0 Å². The van der Waals surface area contributed by atoms with Crippen LogP contribution in [-0.2, 0) is 10.2 Å². The SMILES string of the molecule is COc1ccccc1NC(=O)N1CCN(S(=O)(=O)N(C)C2CCCCC2)CC1. The number of hydrogen-bond donors (Lipinski definition) is 1. The summed E-state index contributed by atoms with van der Waals surface area (Å²) in [4.78, 5) is 14.2. The number of nitrogens with one attached hydrogen (secondary N) is 1. The molecule has 8 nitrogen and oxygen atoms in total. The van der Waals surface area contributed by atoms with Crippen LogP contribution in [0.2, 0.25) is 0 Å². The van der Waals surface area contributed by atoms with Crippen LogP contribution in [0.1, 0.15) is 32.1 Å². The molecule has 0 bridgehead atoms. The number of ether oxygens (including phenoxy) is 1. The molecule has 0 unspecified atom stereocenters. The summed E-state index contributed by atoms with van der Waals surface area (Å²) in [5.74, 6) is 0.589. The zero-order valence-corrected chi connectivity index (χ0v) is 17.5. The first-order valence-corrected chi connectivity index (χ1v) is 11.2. The van der Waals surface area contributed by atoms with Crippen molar-refractivity contribution in [3.05, 3.63) is 24.3 Å². The second-order valence-corrected chi connectivity index (χ2v) is 9.32. The molecule has 2 amide bonds. The van der Waals surface area contributed by atoms with Crippen molar-refractivity contribution in [2.75, 3.05) is 45.7 Å². The van der Waals surface area contributed by atoms with Gasteiger partial charge in [-0.25, -0.2) is 4.79 Å². The smallest absolute Gasteiger partial charge is 0.322 e. The van der Waals surface area contributed by atoms with E-state index in [1.54, 1.807) is 31.2 Å². The van der Waals surface area contributed by atoms with Gasteiger partial charge in [0.05, 0.1) is 12.8 Å². The molecule has 1 N–H and O–H groups in total. The predicted octanol–water partition coefficient (Wildman–Crippen LogP) is 2.35. The maximum Gasteiger partial charge on any atom is 0.322 e. The zero-order chi connectivity index (χ0) is 20.1. The third-order valence-electron chi connectivity index (χ3n) is 5.65. The van der Waals surface area contributed by atoms with Gasteiger partial charge in [0.2, 0.25) is 0 Å². The molecule has 0 spiro atoms. The maximum atomic E-state index is 13.0. The summed E-state index contributed by atoms with van der Waals surface area (Å²) in [6, 6.07) is 7.05. The van der Waals surface area contributed by atoms with Crippen LogP contribution in [0.15, 0.2) is 24.3 Å². The molecule has 1 heterocycles. The van der Waals surface area contributed by atoms with Crippen molar-refractivity contribution < 1.29 is 17.9 Å². The van der Waals surface area contributed by atoms with Crippen LogP contribution in [0.3, 0.4) is 0 Å². The fourth-order valence-electron chi connectivity index (χ4n) is 3.88. The highest BCUT2D eigenvalue weighted by molar-refractivity contribution is 7.86. The molecule has 0 radical (unpaired) electrons. The zero-order valence-electron chi connectivity index (χ0n) is 16.6. The Bertz CT molecular complexity index is 772. The lowest BCUT2D eigenvalue weighted by Gasteiger charge is -2.38. The number of urea groups is 1. The molecule has 0 atom stereocenters. The Hall–Kier alpha value is -1.84. The van der Waals surface area contributed by atoms with E-state index in [1.165, 1.54) is 15.0 Å². The standard InChI is InChI=1S/C19H30N4O4S/c1-21(16-8-4-3-5-9-16)28(25,26)23-14-12-22(13-15-23)19(24)20-17-10-6-7-11-18(17)27-2/h6-7,10-11,16H,3-5,8-9,12-15H2,1-2H3,(H,20,24). The van der Waals surface area contributed by atoms with Gasteiger partial charge in [0.1, 0.15) is 5.75 Å². The van der Waals surface area contributed by atoms with E-state index in [4.69, 9.17) is 4.74 Å². The number of amides is 2. The third kappa shape index (κ3) is 4.59.